The minimum atomic E-state index is -0.113. The molecule has 90 valence electrons. The van der Waals surface area contributed by atoms with E-state index in [1.165, 1.54) is 35.8 Å². The lowest BCUT2D eigenvalue weighted by atomic mass is 10.2. The van der Waals surface area contributed by atoms with Crippen molar-refractivity contribution in [1.82, 2.24) is 3.96 Å². The lowest BCUT2D eigenvalue weighted by Gasteiger charge is -2.11. The zero-order chi connectivity index (χ0) is 12.4. The maximum Gasteiger partial charge on any atom is 0.265 e. The van der Waals surface area contributed by atoms with Crippen molar-refractivity contribution in [3.8, 4) is 17.2 Å². The molecule has 0 bridgehead atoms. The lowest BCUT2D eigenvalue weighted by Crippen LogP contribution is -2.10. The first-order chi connectivity index (χ1) is 8.17. The van der Waals surface area contributed by atoms with E-state index < -0.39 is 0 Å². The quantitative estimate of drug-likeness (QED) is 0.861. The van der Waals surface area contributed by atoms with Gasteiger partial charge in [0.05, 0.1) is 19.2 Å². The summed E-state index contributed by atoms with van der Waals surface area (Å²) >= 11 is 7.28. The zero-order valence-corrected chi connectivity index (χ0v) is 10.8. The summed E-state index contributed by atoms with van der Waals surface area (Å²) in [6.45, 7) is 0. The zero-order valence-electron chi connectivity index (χ0n) is 9.27. The van der Waals surface area contributed by atoms with Gasteiger partial charge in [0.2, 0.25) is 0 Å². The molecule has 0 aliphatic carbocycles. The number of methoxy groups -OCH3 is 2. The first kappa shape index (κ1) is 12.0. The van der Waals surface area contributed by atoms with Gasteiger partial charge < -0.3 is 9.47 Å². The fourth-order valence-electron chi connectivity index (χ4n) is 1.45. The number of halogens is 1. The van der Waals surface area contributed by atoms with Crippen LogP contribution in [0.5, 0.6) is 11.5 Å². The summed E-state index contributed by atoms with van der Waals surface area (Å²) in [5, 5.41) is 2.15. The highest BCUT2D eigenvalue weighted by Crippen LogP contribution is 2.34. The fourth-order valence-corrected chi connectivity index (χ4v) is 2.40. The molecular formula is C11H10ClNO3S. The second-order valence-corrected chi connectivity index (χ2v) is 4.45. The Morgan fingerprint density at radius 3 is 2.47 bits per heavy atom. The van der Waals surface area contributed by atoms with Gasteiger partial charge in [-0.15, -0.1) is 0 Å². The molecule has 1 aromatic heterocycles. The normalized spacial score (nSPS) is 10.3. The summed E-state index contributed by atoms with van der Waals surface area (Å²) in [7, 11) is 3.05. The van der Waals surface area contributed by atoms with E-state index in [1.807, 2.05) is 0 Å². The summed E-state index contributed by atoms with van der Waals surface area (Å²) in [5.41, 5.74) is 0.506. The molecule has 0 N–H and O–H groups in total. The molecule has 0 amide bonds. The molecule has 0 saturated carbocycles. The van der Waals surface area contributed by atoms with Crippen LogP contribution < -0.4 is 15.0 Å². The Labute approximate surface area is 107 Å². The topological polar surface area (TPSA) is 40.5 Å². The summed E-state index contributed by atoms with van der Waals surface area (Å²) in [6.07, 6.45) is 0. The molecule has 0 aliphatic rings. The third-order valence-electron chi connectivity index (χ3n) is 2.25. The lowest BCUT2D eigenvalue weighted by molar-refractivity contribution is 0.402. The number of aromatic nitrogens is 1. The first-order valence-corrected chi connectivity index (χ1v) is 5.97. The van der Waals surface area contributed by atoms with Crippen LogP contribution in [-0.4, -0.2) is 18.2 Å². The van der Waals surface area contributed by atoms with Crippen molar-refractivity contribution in [1.29, 1.82) is 0 Å². The predicted octanol–water partition coefficient (Wildman–Crippen LogP) is 2.57. The van der Waals surface area contributed by atoms with Gasteiger partial charge in [-0.3, -0.25) is 4.79 Å². The standard InChI is InChI=1S/C11H10ClNO3S/c1-15-9-6-8(10(16-2)5-7(9)12)13-11(14)3-4-17-13/h3-6H,1-2H3. The maximum absolute atomic E-state index is 11.6. The highest BCUT2D eigenvalue weighted by molar-refractivity contribution is 7.04. The molecule has 4 nitrogen and oxygen atoms in total. The van der Waals surface area contributed by atoms with Crippen molar-refractivity contribution in [3.63, 3.8) is 0 Å². The average molecular weight is 272 g/mol. The number of hydrogen-bond acceptors (Lipinski definition) is 4. The van der Waals surface area contributed by atoms with Crippen molar-refractivity contribution in [2.24, 2.45) is 0 Å². The molecule has 0 spiro atoms. The molecule has 2 aromatic rings. The SMILES string of the molecule is COc1cc(-n2sccc2=O)c(OC)cc1Cl. The Bertz CT molecular complexity index is 591. The van der Waals surface area contributed by atoms with Gasteiger partial charge in [-0.25, -0.2) is 3.96 Å². The van der Waals surface area contributed by atoms with E-state index in [2.05, 4.69) is 0 Å². The number of nitrogens with zero attached hydrogens (tertiary/aromatic N) is 1. The molecule has 0 atom stereocenters. The molecule has 1 heterocycles. The molecule has 6 heteroatoms. The van der Waals surface area contributed by atoms with Crippen LogP contribution in [0.3, 0.4) is 0 Å². The van der Waals surface area contributed by atoms with Crippen molar-refractivity contribution in [2.75, 3.05) is 14.2 Å². The Morgan fingerprint density at radius 2 is 1.94 bits per heavy atom. The van der Waals surface area contributed by atoms with E-state index in [4.69, 9.17) is 21.1 Å². The van der Waals surface area contributed by atoms with Crippen LogP contribution in [0.1, 0.15) is 0 Å². The minimum absolute atomic E-state index is 0.113. The average Bonchev–Trinajstić information content (AvgIpc) is 2.75. The minimum Gasteiger partial charge on any atom is -0.495 e. The van der Waals surface area contributed by atoms with Crippen LogP contribution in [0.25, 0.3) is 5.69 Å². The molecule has 2 rings (SSSR count). The second kappa shape index (κ2) is 4.81. The number of hydrogen-bond donors (Lipinski definition) is 0. The molecule has 17 heavy (non-hydrogen) atoms. The van der Waals surface area contributed by atoms with Gasteiger partial charge in [0, 0.05) is 23.6 Å². The van der Waals surface area contributed by atoms with Crippen LogP contribution >= 0.6 is 23.1 Å². The number of rotatable bonds is 3. The molecular weight excluding hydrogens is 262 g/mol. The van der Waals surface area contributed by atoms with Gasteiger partial charge in [-0.1, -0.05) is 23.1 Å². The molecule has 1 aromatic carbocycles. The predicted molar refractivity (Wildman–Crippen MR) is 68.0 cm³/mol. The van der Waals surface area contributed by atoms with Crippen LogP contribution in [0.4, 0.5) is 0 Å². The fraction of sp³-hybridized carbons (Fsp3) is 0.182. The highest BCUT2D eigenvalue weighted by atomic mass is 35.5. The van der Waals surface area contributed by atoms with Gasteiger partial charge in [0.25, 0.3) is 5.56 Å². The second-order valence-electron chi connectivity index (χ2n) is 3.20. The molecule has 0 aliphatic heterocycles. The maximum atomic E-state index is 11.6. The van der Waals surface area contributed by atoms with E-state index in [1.54, 1.807) is 17.5 Å². The van der Waals surface area contributed by atoms with Crippen LogP contribution in [-0.2, 0) is 0 Å². The number of ether oxygens (including phenoxy) is 2. The van der Waals surface area contributed by atoms with E-state index >= 15 is 0 Å². The Hall–Kier alpha value is -1.46. The molecule has 0 saturated heterocycles. The Balaban J connectivity index is 2.67. The van der Waals surface area contributed by atoms with Crippen LogP contribution in [0.2, 0.25) is 5.02 Å². The molecule has 0 fully saturated rings. The van der Waals surface area contributed by atoms with Gasteiger partial charge in [-0.05, 0) is 0 Å². The van der Waals surface area contributed by atoms with Gasteiger partial charge in [0.15, 0.2) is 0 Å². The Kier molecular flexibility index (Phi) is 3.40. The van der Waals surface area contributed by atoms with Crippen molar-refractivity contribution in [2.45, 2.75) is 0 Å². The van der Waals surface area contributed by atoms with Crippen LogP contribution in [0, 0.1) is 0 Å². The van der Waals surface area contributed by atoms with Gasteiger partial charge in [-0.2, -0.15) is 0 Å². The number of benzene rings is 1. The summed E-state index contributed by atoms with van der Waals surface area (Å²) in [6, 6.07) is 4.80. The summed E-state index contributed by atoms with van der Waals surface area (Å²) in [5.74, 6) is 1.03. The van der Waals surface area contributed by atoms with E-state index in [9.17, 15) is 4.79 Å². The van der Waals surface area contributed by atoms with E-state index in [-0.39, 0.29) is 5.56 Å². The molecule has 0 radical (unpaired) electrons. The Morgan fingerprint density at radius 1 is 1.24 bits per heavy atom. The largest absolute Gasteiger partial charge is 0.495 e. The van der Waals surface area contributed by atoms with E-state index in [0.29, 0.717) is 22.2 Å². The van der Waals surface area contributed by atoms with Crippen molar-refractivity contribution >= 4 is 23.1 Å². The van der Waals surface area contributed by atoms with Crippen molar-refractivity contribution in [3.05, 3.63) is 39.0 Å². The van der Waals surface area contributed by atoms with E-state index in [0.717, 1.165) is 0 Å². The van der Waals surface area contributed by atoms with Crippen molar-refractivity contribution < 1.29 is 9.47 Å². The van der Waals surface area contributed by atoms with Gasteiger partial charge >= 0.3 is 0 Å². The smallest absolute Gasteiger partial charge is 0.265 e. The highest BCUT2D eigenvalue weighted by Gasteiger charge is 2.13. The monoisotopic (exact) mass is 271 g/mol. The third-order valence-corrected chi connectivity index (χ3v) is 3.39. The summed E-state index contributed by atoms with van der Waals surface area (Å²) < 4.78 is 11.8. The summed E-state index contributed by atoms with van der Waals surface area (Å²) in [4.78, 5) is 11.6. The first-order valence-electron chi connectivity index (χ1n) is 4.76. The molecule has 0 unspecified atom stereocenters. The van der Waals surface area contributed by atoms with Gasteiger partial charge in [0.1, 0.15) is 17.2 Å². The third kappa shape index (κ3) is 2.16. The van der Waals surface area contributed by atoms with Crippen LogP contribution in [0.15, 0.2) is 28.4 Å².